The Morgan fingerprint density at radius 3 is 1.39 bits per heavy atom. The van der Waals surface area contributed by atoms with Crippen molar-refractivity contribution in [1.82, 2.24) is 0 Å². The molecule has 0 aliphatic rings. The van der Waals surface area contributed by atoms with Gasteiger partial charge in [0.2, 0.25) is 0 Å². The third kappa shape index (κ3) is 6.70. The van der Waals surface area contributed by atoms with Gasteiger partial charge in [0.05, 0.1) is 18.0 Å². The second-order valence-electron chi connectivity index (χ2n) is 9.36. The molecule has 0 atom stereocenters. The van der Waals surface area contributed by atoms with Gasteiger partial charge in [-0.2, -0.15) is 0 Å². The summed E-state index contributed by atoms with van der Waals surface area (Å²) in [7, 11) is 1.42. The fraction of sp³-hybridized carbons (Fsp3) is 0.333. The van der Waals surface area contributed by atoms with Crippen LogP contribution in [0.4, 0.5) is 0 Å². The van der Waals surface area contributed by atoms with Crippen molar-refractivity contribution in [3.8, 4) is 17.2 Å². The molecule has 0 unspecified atom stereocenters. The summed E-state index contributed by atoms with van der Waals surface area (Å²) in [6.45, 7) is 12.4. The molecule has 0 heterocycles. The lowest BCUT2D eigenvalue weighted by molar-refractivity contribution is 0.130. The van der Waals surface area contributed by atoms with Gasteiger partial charge in [-0.1, -0.05) is 6.07 Å². The molecule has 0 bridgehead atoms. The van der Waals surface area contributed by atoms with Gasteiger partial charge in [0.1, 0.15) is 28.5 Å². The van der Waals surface area contributed by atoms with Gasteiger partial charge < -0.3 is 14.2 Å². The molecule has 0 N–H and O–H groups in total. The summed E-state index contributed by atoms with van der Waals surface area (Å²) in [5.41, 5.74) is -0.447. The average Bonchev–Trinajstić information content (AvgIpc) is 2.69. The third-order valence-corrected chi connectivity index (χ3v) is 6.46. The maximum Gasteiger partial charge on any atom is 0.170 e. The molecule has 31 heavy (non-hydrogen) atoms. The quantitative estimate of drug-likeness (QED) is 0.383. The van der Waals surface area contributed by atoms with Crippen LogP contribution in [-0.2, 0) is 10.9 Å². The summed E-state index contributed by atoms with van der Waals surface area (Å²) in [6, 6.07) is 25.1. The minimum atomic E-state index is -0.280. The SMILES string of the molecule is COc1cccc([S+](c2ccc(OC(C)(C)C)cc2)c2ccc(OC(C)(C)C)cc2)c1. The van der Waals surface area contributed by atoms with Crippen LogP contribution in [-0.4, -0.2) is 18.3 Å². The smallest absolute Gasteiger partial charge is 0.170 e. The van der Waals surface area contributed by atoms with Crippen molar-refractivity contribution in [3.05, 3.63) is 72.8 Å². The summed E-state index contributed by atoms with van der Waals surface area (Å²) in [5.74, 6) is 2.61. The Kier molecular flexibility index (Phi) is 6.90. The Morgan fingerprint density at radius 1 is 0.548 bits per heavy atom. The molecule has 3 rings (SSSR count). The van der Waals surface area contributed by atoms with Crippen molar-refractivity contribution in [3.63, 3.8) is 0 Å². The second kappa shape index (κ2) is 9.27. The zero-order valence-electron chi connectivity index (χ0n) is 19.6. The molecule has 0 spiro atoms. The molecule has 0 radical (unpaired) electrons. The number of ether oxygens (including phenoxy) is 3. The van der Waals surface area contributed by atoms with Crippen LogP contribution in [0.15, 0.2) is 87.5 Å². The molecule has 0 aromatic heterocycles. The predicted molar refractivity (Wildman–Crippen MR) is 129 cm³/mol. The van der Waals surface area contributed by atoms with Gasteiger partial charge >= 0.3 is 0 Å². The molecule has 4 heteroatoms. The molecule has 3 aromatic rings. The van der Waals surface area contributed by atoms with Crippen LogP contribution in [0.5, 0.6) is 17.2 Å². The normalized spacial score (nSPS) is 12.0. The summed E-state index contributed by atoms with van der Waals surface area (Å²) >= 11 is 0. The topological polar surface area (TPSA) is 27.7 Å². The van der Waals surface area contributed by atoms with Crippen LogP contribution in [0.25, 0.3) is 0 Å². The van der Waals surface area contributed by atoms with Crippen LogP contribution in [0.3, 0.4) is 0 Å². The molecule has 0 saturated heterocycles. The van der Waals surface area contributed by atoms with Crippen molar-refractivity contribution in [2.24, 2.45) is 0 Å². The van der Waals surface area contributed by atoms with Crippen molar-refractivity contribution in [1.29, 1.82) is 0 Å². The lowest BCUT2D eigenvalue weighted by Crippen LogP contribution is -2.23. The first-order chi connectivity index (χ1) is 14.5. The Morgan fingerprint density at radius 2 is 1.00 bits per heavy atom. The highest BCUT2D eigenvalue weighted by atomic mass is 32.2. The van der Waals surface area contributed by atoms with E-state index in [0.717, 1.165) is 17.2 Å². The number of methoxy groups -OCH3 is 1. The molecule has 3 aromatic carbocycles. The van der Waals surface area contributed by atoms with E-state index in [2.05, 4.69) is 102 Å². The fourth-order valence-corrected chi connectivity index (χ4v) is 5.21. The van der Waals surface area contributed by atoms with E-state index in [0.29, 0.717) is 0 Å². The molecular weight excluding hydrogens is 404 g/mol. The molecular formula is C27H33O3S+. The van der Waals surface area contributed by atoms with E-state index in [4.69, 9.17) is 14.2 Å². The lowest BCUT2D eigenvalue weighted by Gasteiger charge is -2.21. The Balaban J connectivity index is 1.99. The first-order valence-corrected chi connectivity index (χ1v) is 11.7. The maximum absolute atomic E-state index is 6.01. The van der Waals surface area contributed by atoms with E-state index in [1.54, 1.807) is 7.11 Å². The number of hydrogen-bond donors (Lipinski definition) is 0. The number of hydrogen-bond acceptors (Lipinski definition) is 3. The maximum atomic E-state index is 6.01. The van der Waals surface area contributed by atoms with Crippen molar-refractivity contribution in [2.75, 3.05) is 7.11 Å². The Labute approximate surface area is 189 Å². The van der Waals surface area contributed by atoms with Crippen LogP contribution < -0.4 is 14.2 Å². The molecule has 0 saturated carbocycles. The van der Waals surface area contributed by atoms with Crippen LogP contribution in [0.1, 0.15) is 41.5 Å². The van der Waals surface area contributed by atoms with Crippen molar-refractivity contribution >= 4 is 10.9 Å². The van der Waals surface area contributed by atoms with E-state index < -0.39 is 0 Å². The highest BCUT2D eigenvalue weighted by Gasteiger charge is 2.29. The fourth-order valence-electron chi connectivity index (χ4n) is 3.13. The number of rotatable bonds is 6. The van der Waals surface area contributed by atoms with Gasteiger partial charge in [-0.3, -0.25) is 0 Å². The van der Waals surface area contributed by atoms with Gasteiger partial charge in [-0.25, -0.2) is 0 Å². The molecule has 164 valence electrons. The zero-order chi connectivity index (χ0) is 22.6. The summed E-state index contributed by atoms with van der Waals surface area (Å²) < 4.78 is 17.5. The predicted octanol–water partition coefficient (Wildman–Crippen LogP) is 7.15. The highest BCUT2D eigenvalue weighted by molar-refractivity contribution is 7.97. The van der Waals surface area contributed by atoms with Crippen LogP contribution >= 0.6 is 0 Å². The molecule has 3 nitrogen and oxygen atoms in total. The van der Waals surface area contributed by atoms with E-state index in [9.17, 15) is 0 Å². The molecule has 0 aliphatic heterocycles. The zero-order valence-corrected chi connectivity index (χ0v) is 20.4. The third-order valence-electron chi connectivity index (χ3n) is 4.24. The number of benzene rings is 3. The monoisotopic (exact) mass is 437 g/mol. The minimum absolute atomic E-state index is 0.223. The van der Waals surface area contributed by atoms with E-state index >= 15 is 0 Å². The van der Waals surface area contributed by atoms with Gasteiger partial charge in [-0.15, -0.1) is 0 Å². The van der Waals surface area contributed by atoms with Crippen LogP contribution in [0, 0.1) is 0 Å². The highest BCUT2D eigenvalue weighted by Crippen LogP contribution is 2.35. The van der Waals surface area contributed by atoms with Crippen molar-refractivity contribution in [2.45, 2.75) is 67.4 Å². The first-order valence-electron chi connectivity index (χ1n) is 10.5. The second-order valence-corrected chi connectivity index (χ2v) is 11.4. The van der Waals surface area contributed by atoms with Gasteiger partial charge in [-0.05, 0) is 102 Å². The summed E-state index contributed by atoms with van der Waals surface area (Å²) in [6.07, 6.45) is 0. The van der Waals surface area contributed by atoms with Gasteiger partial charge in [0, 0.05) is 6.07 Å². The Hall–Kier alpha value is -2.59. The largest absolute Gasteiger partial charge is 0.497 e. The van der Waals surface area contributed by atoms with E-state index in [-0.39, 0.29) is 22.1 Å². The minimum Gasteiger partial charge on any atom is -0.497 e. The van der Waals surface area contributed by atoms with Crippen molar-refractivity contribution < 1.29 is 14.2 Å². The summed E-state index contributed by atoms with van der Waals surface area (Å²) in [4.78, 5) is 3.64. The van der Waals surface area contributed by atoms with E-state index in [1.807, 2.05) is 12.1 Å². The van der Waals surface area contributed by atoms with Gasteiger partial charge in [0.15, 0.2) is 14.7 Å². The average molecular weight is 438 g/mol. The molecule has 0 aliphatic carbocycles. The Bertz CT molecular complexity index is 921. The summed E-state index contributed by atoms with van der Waals surface area (Å²) in [5, 5.41) is 0. The van der Waals surface area contributed by atoms with E-state index in [1.165, 1.54) is 14.7 Å². The first kappa shape index (κ1) is 23.1. The van der Waals surface area contributed by atoms with Gasteiger partial charge in [0.25, 0.3) is 0 Å². The molecule has 0 amide bonds. The van der Waals surface area contributed by atoms with Crippen LogP contribution in [0.2, 0.25) is 0 Å². The molecule has 0 fully saturated rings. The standard InChI is InChI=1S/C27H33O3S/c1-26(2,3)29-20-11-15-23(16-12-20)31(25-10-8-9-22(19-25)28-7)24-17-13-21(14-18-24)30-27(4,5)6/h8-19H,1-7H3/q+1. The lowest BCUT2D eigenvalue weighted by atomic mass is 10.2.